The first-order valence-electron chi connectivity index (χ1n) is 9.83. The van der Waals surface area contributed by atoms with Gasteiger partial charge in [0.25, 0.3) is 0 Å². The number of benzene rings is 2. The lowest BCUT2D eigenvalue weighted by atomic mass is 9.98. The van der Waals surface area contributed by atoms with Gasteiger partial charge in [-0.25, -0.2) is 12.7 Å². The number of sulfonamides is 1. The van der Waals surface area contributed by atoms with Crippen LogP contribution in [0.15, 0.2) is 42.5 Å². The van der Waals surface area contributed by atoms with E-state index in [0.29, 0.717) is 60.4 Å². The molecule has 1 saturated heterocycles. The highest BCUT2D eigenvalue weighted by Crippen LogP contribution is 2.33. The van der Waals surface area contributed by atoms with Gasteiger partial charge in [-0.15, -0.1) is 0 Å². The zero-order valence-corrected chi connectivity index (χ0v) is 17.9. The minimum Gasteiger partial charge on any atom is -0.486 e. The Bertz CT molecular complexity index is 1030. The number of carbonyl (C=O) groups is 1. The Morgan fingerprint density at radius 2 is 1.83 bits per heavy atom. The van der Waals surface area contributed by atoms with Crippen LogP contribution in [0.1, 0.15) is 18.4 Å². The molecule has 2 aliphatic rings. The van der Waals surface area contributed by atoms with Gasteiger partial charge < -0.3 is 14.8 Å². The van der Waals surface area contributed by atoms with Crippen molar-refractivity contribution < 1.29 is 22.7 Å². The Labute approximate surface area is 181 Å². The van der Waals surface area contributed by atoms with Crippen molar-refractivity contribution in [3.63, 3.8) is 0 Å². The number of fused-ring (bicyclic) bond motifs is 1. The van der Waals surface area contributed by atoms with E-state index in [0.717, 1.165) is 0 Å². The number of rotatable bonds is 5. The first-order chi connectivity index (χ1) is 14.4. The number of amides is 1. The lowest BCUT2D eigenvalue weighted by molar-refractivity contribution is -0.120. The van der Waals surface area contributed by atoms with Gasteiger partial charge in [-0.1, -0.05) is 23.7 Å². The molecule has 2 aliphatic heterocycles. The monoisotopic (exact) mass is 450 g/mol. The second-order valence-corrected chi connectivity index (χ2v) is 9.83. The fourth-order valence-electron chi connectivity index (χ4n) is 3.66. The molecular weight excluding hydrogens is 428 g/mol. The number of carbonyl (C=O) groups excluding carboxylic acids is 1. The molecular formula is C21H23ClN2O5S. The molecule has 9 heteroatoms. The van der Waals surface area contributed by atoms with Crippen molar-refractivity contribution in [1.82, 2.24) is 4.31 Å². The van der Waals surface area contributed by atoms with Crippen molar-refractivity contribution >= 4 is 33.2 Å². The maximum atomic E-state index is 12.9. The van der Waals surface area contributed by atoms with Crippen molar-refractivity contribution in [3.05, 3.63) is 53.1 Å². The van der Waals surface area contributed by atoms with Gasteiger partial charge in [0, 0.05) is 29.9 Å². The van der Waals surface area contributed by atoms with Crippen LogP contribution in [0, 0.1) is 5.92 Å². The molecule has 2 heterocycles. The summed E-state index contributed by atoms with van der Waals surface area (Å²) in [5, 5.41) is 3.44. The first kappa shape index (κ1) is 21.0. The van der Waals surface area contributed by atoms with Gasteiger partial charge in [-0.2, -0.15) is 0 Å². The molecule has 0 aliphatic carbocycles. The summed E-state index contributed by atoms with van der Waals surface area (Å²) >= 11 is 5.87. The third-order valence-corrected chi connectivity index (χ3v) is 7.29. The fraction of sp³-hybridized carbons (Fsp3) is 0.381. The van der Waals surface area contributed by atoms with Crippen molar-refractivity contribution in [2.24, 2.45) is 5.92 Å². The summed E-state index contributed by atoms with van der Waals surface area (Å²) < 4.78 is 38.2. The van der Waals surface area contributed by atoms with Crippen LogP contribution in [-0.4, -0.2) is 44.9 Å². The van der Waals surface area contributed by atoms with Crippen LogP contribution in [0.2, 0.25) is 5.02 Å². The SMILES string of the molecule is O=C(Nc1ccc2c(c1)OCCO2)[C@@H]1CCCN(S(=O)(=O)Cc2ccc(Cl)cc2)C1. The second kappa shape index (κ2) is 8.83. The molecule has 160 valence electrons. The molecule has 0 saturated carbocycles. The Hall–Kier alpha value is -2.29. The molecule has 0 radical (unpaired) electrons. The van der Waals surface area contributed by atoms with Crippen molar-refractivity contribution in [2.45, 2.75) is 18.6 Å². The molecule has 0 bridgehead atoms. The van der Waals surface area contributed by atoms with Gasteiger partial charge in [-0.05, 0) is 42.7 Å². The maximum Gasteiger partial charge on any atom is 0.228 e. The number of hydrogen-bond acceptors (Lipinski definition) is 5. The van der Waals surface area contributed by atoms with Crippen molar-refractivity contribution in [3.8, 4) is 11.5 Å². The fourth-order valence-corrected chi connectivity index (χ4v) is 5.39. The molecule has 1 N–H and O–H groups in total. The number of ether oxygens (including phenoxy) is 2. The number of hydrogen-bond donors (Lipinski definition) is 1. The lowest BCUT2D eigenvalue weighted by Gasteiger charge is -2.31. The summed E-state index contributed by atoms with van der Waals surface area (Å²) in [6.45, 7) is 1.56. The van der Waals surface area contributed by atoms with Crippen molar-refractivity contribution in [1.29, 1.82) is 0 Å². The van der Waals surface area contributed by atoms with Gasteiger partial charge in [0.2, 0.25) is 15.9 Å². The Morgan fingerprint density at radius 1 is 1.10 bits per heavy atom. The standard InChI is InChI=1S/C21H23ClN2O5S/c22-17-5-3-15(4-6-17)14-30(26,27)24-9-1-2-16(13-24)21(25)23-18-7-8-19-20(12-18)29-11-10-28-19/h3-8,12,16H,1-2,9-11,13-14H2,(H,23,25)/t16-/m1/s1. The predicted octanol–water partition coefficient (Wildman–Crippen LogP) is 3.29. The van der Waals surface area contributed by atoms with Gasteiger partial charge in [0.1, 0.15) is 13.2 Å². The maximum absolute atomic E-state index is 12.9. The number of nitrogens with one attached hydrogen (secondary N) is 1. The highest BCUT2D eigenvalue weighted by molar-refractivity contribution is 7.88. The number of anilines is 1. The zero-order chi connectivity index (χ0) is 21.1. The minimum atomic E-state index is -3.53. The second-order valence-electron chi connectivity index (χ2n) is 7.43. The topological polar surface area (TPSA) is 84.9 Å². The minimum absolute atomic E-state index is 0.110. The lowest BCUT2D eigenvalue weighted by Crippen LogP contribution is -2.44. The van der Waals surface area contributed by atoms with E-state index in [1.807, 2.05) is 0 Å². The highest BCUT2D eigenvalue weighted by Gasteiger charge is 2.32. The van der Waals surface area contributed by atoms with E-state index in [2.05, 4.69) is 5.32 Å². The molecule has 30 heavy (non-hydrogen) atoms. The molecule has 0 aromatic heterocycles. The zero-order valence-electron chi connectivity index (χ0n) is 16.3. The number of nitrogens with zero attached hydrogens (tertiary/aromatic N) is 1. The summed E-state index contributed by atoms with van der Waals surface area (Å²) in [7, 11) is -3.53. The Morgan fingerprint density at radius 3 is 2.60 bits per heavy atom. The van der Waals surface area contributed by atoms with E-state index in [1.165, 1.54) is 4.31 Å². The molecule has 4 rings (SSSR count). The van der Waals surface area contributed by atoms with E-state index >= 15 is 0 Å². The van der Waals surface area contributed by atoms with Crippen molar-refractivity contribution in [2.75, 3.05) is 31.6 Å². The van der Waals surface area contributed by atoms with Gasteiger partial charge in [-0.3, -0.25) is 4.79 Å². The van der Waals surface area contributed by atoms with Crippen LogP contribution < -0.4 is 14.8 Å². The van der Waals surface area contributed by atoms with E-state index in [1.54, 1.807) is 42.5 Å². The summed E-state index contributed by atoms with van der Waals surface area (Å²) in [5.41, 5.74) is 1.27. The molecule has 0 spiro atoms. The van der Waals surface area contributed by atoms with Crippen LogP contribution in [0.3, 0.4) is 0 Å². The Kier molecular flexibility index (Phi) is 6.17. The smallest absolute Gasteiger partial charge is 0.228 e. The molecule has 1 fully saturated rings. The summed E-state index contributed by atoms with van der Waals surface area (Å²) in [6.07, 6.45) is 1.28. The van der Waals surface area contributed by atoms with Crippen LogP contribution in [-0.2, 0) is 20.6 Å². The highest BCUT2D eigenvalue weighted by atomic mass is 35.5. The molecule has 1 amide bonds. The summed E-state index contributed by atoms with van der Waals surface area (Å²) in [4.78, 5) is 12.8. The molecule has 0 unspecified atom stereocenters. The third-order valence-electron chi connectivity index (χ3n) is 5.22. The van der Waals surface area contributed by atoms with Gasteiger partial charge >= 0.3 is 0 Å². The van der Waals surface area contributed by atoms with Crippen LogP contribution in [0.5, 0.6) is 11.5 Å². The molecule has 7 nitrogen and oxygen atoms in total. The van der Waals surface area contributed by atoms with Crippen LogP contribution >= 0.6 is 11.6 Å². The molecule has 1 atom stereocenters. The Balaban J connectivity index is 1.40. The molecule has 2 aromatic carbocycles. The van der Waals surface area contributed by atoms with Crippen LogP contribution in [0.4, 0.5) is 5.69 Å². The van der Waals surface area contributed by atoms with E-state index in [9.17, 15) is 13.2 Å². The number of piperidine rings is 1. The van der Waals surface area contributed by atoms with E-state index in [4.69, 9.17) is 21.1 Å². The van der Waals surface area contributed by atoms with Crippen LogP contribution in [0.25, 0.3) is 0 Å². The van der Waals surface area contributed by atoms with Gasteiger partial charge in [0.15, 0.2) is 11.5 Å². The number of halogens is 1. The first-order valence-corrected chi connectivity index (χ1v) is 11.8. The average molecular weight is 451 g/mol. The largest absolute Gasteiger partial charge is 0.486 e. The predicted molar refractivity (Wildman–Crippen MR) is 114 cm³/mol. The summed E-state index contributed by atoms with van der Waals surface area (Å²) in [5.74, 6) is 0.525. The van der Waals surface area contributed by atoms with Gasteiger partial charge in [0.05, 0.1) is 11.7 Å². The third kappa shape index (κ3) is 4.88. The van der Waals surface area contributed by atoms with E-state index in [-0.39, 0.29) is 18.2 Å². The normalized spacial score (nSPS) is 19.3. The quantitative estimate of drug-likeness (QED) is 0.755. The van der Waals surface area contributed by atoms with E-state index < -0.39 is 15.9 Å². The molecule has 2 aromatic rings. The average Bonchev–Trinajstić information content (AvgIpc) is 2.75. The summed E-state index contributed by atoms with van der Waals surface area (Å²) in [6, 6.07) is 12.0.